The first-order chi connectivity index (χ1) is 16.2. The summed E-state index contributed by atoms with van der Waals surface area (Å²) in [7, 11) is 4.02. The zero-order valence-electron chi connectivity index (χ0n) is 18.8. The Kier molecular flexibility index (Phi) is 4.71. The minimum absolute atomic E-state index is 0.865. The summed E-state index contributed by atoms with van der Waals surface area (Å²) >= 11 is 0. The SMILES string of the molecule is CN(C)c1cncc(-c2cc3c(-c4cc5c(N6CCCCC6)ccnc5[nH]4)n[nH]c3cn2)c1. The van der Waals surface area contributed by atoms with E-state index in [9.17, 15) is 0 Å². The normalized spacial score (nSPS) is 14.3. The summed E-state index contributed by atoms with van der Waals surface area (Å²) < 4.78 is 0. The van der Waals surface area contributed by atoms with Crippen LogP contribution in [-0.4, -0.2) is 57.3 Å². The molecule has 0 atom stereocenters. The molecule has 0 aliphatic carbocycles. The maximum Gasteiger partial charge on any atom is 0.139 e. The zero-order valence-corrected chi connectivity index (χ0v) is 18.8. The number of anilines is 2. The van der Waals surface area contributed by atoms with Gasteiger partial charge >= 0.3 is 0 Å². The first kappa shape index (κ1) is 19.7. The fourth-order valence-electron chi connectivity index (χ4n) is 4.64. The van der Waals surface area contributed by atoms with Gasteiger partial charge in [-0.1, -0.05) is 0 Å². The Morgan fingerprint density at radius 3 is 2.67 bits per heavy atom. The third-order valence-electron chi connectivity index (χ3n) is 6.44. The average molecular weight is 439 g/mol. The first-order valence-electron chi connectivity index (χ1n) is 11.4. The highest BCUT2D eigenvalue weighted by Crippen LogP contribution is 2.34. The molecule has 0 bridgehead atoms. The van der Waals surface area contributed by atoms with Crippen LogP contribution in [0.3, 0.4) is 0 Å². The fourth-order valence-corrected chi connectivity index (χ4v) is 4.64. The molecule has 0 amide bonds. The summed E-state index contributed by atoms with van der Waals surface area (Å²) in [6.45, 7) is 2.19. The maximum absolute atomic E-state index is 4.64. The molecule has 1 fully saturated rings. The molecule has 5 aromatic heterocycles. The van der Waals surface area contributed by atoms with E-state index in [1.807, 2.05) is 43.8 Å². The van der Waals surface area contributed by atoms with Crippen molar-refractivity contribution in [3.05, 3.63) is 49.1 Å². The quantitative estimate of drug-likeness (QED) is 0.426. The lowest BCUT2D eigenvalue weighted by Gasteiger charge is -2.29. The van der Waals surface area contributed by atoms with Crippen molar-refractivity contribution in [2.24, 2.45) is 0 Å². The molecule has 6 rings (SSSR count). The smallest absolute Gasteiger partial charge is 0.139 e. The van der Waals surface area contributed by atoms with Crippen molar-refractivity contribution in [2.45, 2.75) is 19.3 Å². The lowest BCUT2D eigenvalue weighted by atomic mass is 10.1. The van der Waals surface area contributed by atoms with Crippen molar-refractivity contribution in [1.29, 1.82) is 0 Å². The summed E-state index contributed by atoms with van der Waals surface area (Å²) in [5.41, 5.74) is 7.73. The van der Waals surface area contributed by atoms with Crippen molar-refractivity contribution in [3.63, 3.8) is 0 Å². The fraction of sp³-hybridized carbons (Fsp3) is 0.280. The van der Waals surface area contributed by atoms with Crippen molar-refractivity contribution in [2.75, 3.05) is 37.0 Å². The highest BCUT2D eigenvalue weighted by molar-refractivity contribution is 5.99. The monoisotopic (exact) mass is 438 g/mol. The van der Waals surface area contributed by atoms with Crippen LogP contribution in [0.25, 0.3) is 44.6 Å². The molecule has 1 aliphatic rings. The minimum Gasteiger partial charge on any atom is -0.376 e. The maximum atomic E-state index is 4.64. The number of rotatable bonds is 4. The van der Waals surface area contributed by atoms with Crippen LogP contribution in [0.5, 0.6) is 0 Å². The molecule has 6 heterocycles. The van der Waals surface area contributed by atoms with Gasteiger partial charge in [-0.05, 0) is 43.5 Å². The number of nitrogens with one attached hydrogen (secondary N) is 2. The molecule has 5 aromatic rings. The van der Waals surface area contributed by atoms with Crippen LogP contribution in [0.2, 0.25) is 0 Å². The molecular weight excluding hydrogens is 412 g/mol. The van der Waals surface area contributed by atoms with E-state index >= 15 is 0 Å². The minimum atomic E-state index is 0.865. The third-order valence-corrected chi connectivity index (χ3v) is 6.44. The highest BCUT2D eigenvalue weighted by atomic mass is 15.1. The summed E-state index contributed by atoms with van der Waals surface area (Å²) in [6.07, 6.45) is 11.2. The number of hydrogen-bond acceptors (Lipinski definition) is 6. The molecule has 0 aromatic carbocycles. The lowest BCUT2D eigenvalue weighted by molar-refractivity contribution is 0.579. The molecule has 8 heteroatoms. The average Bonchev–Trinajstić information content (AvgIpc) is 3.48. The molecule has 1 saturated heterocycles. The summed E-state index contributed by atoms with van der Waals surface area (Å²) in [5, 5.41) is 9.91. The molecule has 2 N–H and O–H groups in total. The Morgan fingerprint density at radius 2 is 1.82 bits per heavy atom. The molecule has 1 aliphatic heterocycles. The topological polar surface area (TPSA) is 89.6 Å². The number of aromatic nitrogens is 6. The number of piperidine rings is 1. The number of fused-ring (bicyclic) bond motifs is 2. The van der Waals surface area contributed by atoms with E-state index in [0.29, 0.717) is 0 Å². The predicted molar refractivity (Wildman–Crippen MR) is 133 cm³/mol. The van der Waals surface area contributed by atoms with Crippen LogP contribution >= 0.6 is 0 Å². The van der Waals surface area contributed by atoms with Gasteiger partial charge in [0.1, 0.15) is 11.3 Å². The molecule has 166 valence electrons. The number of H-pyrrole nitrogens is 2. The highest BCUT2D eigenvalue weighted by Gasteiger charge is 2.18. The van der Waals surface area contributed by atoms with Crippen molar-refractivity contribution in [1.82, 2.24) is 30.1 Å². The van der Waals surface area contributed by atoms with Gasteiger partial charge < -0.3 is 14.8 Å². The number of nitrogens with zero attached hydrogens (tertiary/aromatic N) is 6. The van der Waals surface area contributed by atoms with Gasteiger partial charge in [0.25, 0.3) is 0 Å². The molecule has 0 radical (unpaired) electrons. The molecule has 33 heavy (non-hydrogen) atoms. The summed E-state index contributed by atoms with van der Waals surface area (Å²) in [5.74, 6) is 0. The van der Waals surface area contributed by atoms with Gasteiger partial charge in [0.2, 0.25) is 0 Å². The van der Waals surface area contributed by atoms with Gasteiger partial charge in [-0.3, -0.25) is 15.1 Å². The van der Waals surface area contributed by atoms with E-state index in [1.165, 1.54) is 24.9 Å². The first-order valence-corrected chi connectivity index (χ1v) is 11.4. The second kappa shape index (κ2) is 7.88. The van der Waals surface area contributed by atoms with Gasteiger partial charge in [-0.15, -0.1) is 0 Å². The molecule has 0 unspecified atom stereocenters. The van der Waals surface area contributed by atoms with E-state index in [2.05, 4.69) is 59.3 Å². The molecule has 0 spiro atoms. The van der Waals surface area contributed by atoms with Crippen molar-refractivity contribution >= 4 is 33.3 Å². The van der Waals surface area contributed by atoms with Gasteiger partial charge in [0.15, 0.2) is 0 Å². The Hall–Kier alpha value is -3.94. The van der Waals surface area contributed by atoms with Crippen LogP contribution in [-0.2, 0) is 0 Å². The largest absolute Gasteiger partial charge is 0.376 e. The second-order valence-electron chi connectivity index (χ2n) is 8.84. The van der Waals surface area contributed by atoms with E-state index in [1.54, 1.807) is 0 Å². The van der Waals surface area contributed by atoms with Gasteiger partial charge in [-0.2, -0.15) is 5.10 Å². The van der Waals surface area contributed by atoms with E-state index in [0.717, 1.165) is 63.4 Å². The van der Waals surface area contributed by atoms with Crippen LogP contribution in [0.1, 0.15) is 19.3 Å². The Bertz CT molecular complexity index is 1440. The lowest BCUT2D eigenvalue weighted by Crippen LogP contribution is -2.29. The van der Waals surface area contributed by atoms with Gasteiger partial charge in [-0.25, -0.2) is 4.98 Å². The Morgan fingerprint density at radius 1 is 0.939 bits per heavy atom. The summed E-state index contributed by atoms with van der Waals surface area (Å²) in [6, 6.07) is 8.48. The van der Waals surface area contributed by atoms with Crippen LogP contribution in [0.15, 0.2) is 49.1 Å². The third kappa shape index (κ3) is 3.47. The van der Waals surface area contributed by atoms with Crippen molar-refractivity contribution < 1.29 is 0 Å². The van der Waals surface area contributed by atoms with Crippen molar-refractivity contribution in [3.8, 4) is 22.6 Å². The van der Waals surface area contributed by atoms with Crippen LogP contribution in [0, 0.1) is 0 Å². The number of pyridine rings is 3. The summed E-state index contributed by atoms with van der Waals surface area (Å²) in [4.78, 5) is 21.6. The molecule has 8 nitrogen and oxygen atoms in total. The molecule has 0 saturated carbocycles. The van der Waals surface area contributed by atoms with E-state index in [4.69, 9.17) is 0 Å². The zero-order chi connectivity index (χ0) is 22.4. The van der Waals surface area contributed by atoms with Crippen LogP contribution < -0.4 is 9.80 Å². The van der Waals surface area contributed by atoms with Gasteiger partial charge in [0, 0.05) is 61.6 Å². The Labute approximate surface area is 191 Å². The Balaban J connectivity index is 1.44. The predicted octanol–water partition coefficient (Wildman–Crippen LogP) is 4.62. The van der Waals surface area contributed by atoms with Crippen LogP contribution in [0.4, 0.5) is 11.4 Å². The van der Waals surface area contributed by atoms with E-state index < -0.39 is 0 Å². The number of hydrogen-bond donors (Lipinski definition) is 2. The van der Waals surface area contributed by atoms with Gasteiger partial charge in [0.05, 0.1) is 35.0 Å². The second-order valence-corrected chi connectivity index (χ2v) is 8.84. The van der Waals surface area contributed by atoms with E-state index in [-0.39, 0.29) is 0 Å². The standard InChI is InChI=1S/C25H26N8/c1-32(2)17-10-16(13-26-14-17)20-11-18-22(15-28-20)30-31-24(18)21-12-19-23(6-7-27-25(19)29-21)33-8-4-3-5-9-33/h6-7,10-15H,3-5,8-9H2,1-2H3,(H,27,29)(H,30,31). The number of aromatic amines is 2. The molecular formula is C25H26N8.